The lowest BCUT2D eigenvalue weighted by Gasteiger charge is -2.14. The summed E-state index contributed by atoms with van der Waals surface area (Å²) in [6, 6.07) is 13.4. The smallest absolute Gasteiger partial charge is 0.292 e. The molecule has 25 heavy (non-hydrogen) atoms. The van der Waals surface area contributed by atoms with Gasteiger partial charge in [0.15, 0.2) is 0 Å². The van der Waals surface area contributed by atoms with Crippen molar-refractivity contribution < 1.29 is 14.4 Å². The number of hydrogen-bond acceptors (Lipinski definition) is 5. The van der Waals surface area contributed by atoms with Crippen molar-refractivity contribution in [2.24, 2.45) is 5.92 Å². The van der Waals surface area contributed by atoms with Crippen LogP contribution in [-0.4, -0.2) is 40.8 Å². The number of carbonyl (C=O) groups is 1. The Morgan fingerprint density at radius 3 is 2.84 bits per heavy atom. The molecule has 4 rings (SSSR count). The SMILES string of the molecule is O=C(c1cc(-c2ccccc2)no1)N1C[C@@H](CO)[C@H](c2ccsc2)C1. The van der Waals surface area contributed by atoms with E-state index < -0.39 is 0 Å². The molecule has 0 spiro atoms. The Bertz CT molecular complexity index is 845. The highest BCUT2D eigenvalue weighted by Gasteiger charge is 2.37. The number of rotatable bonds is 4. The highest BCUT2D eigenvalue weighted by Crippen LogP contribution is 2.34. The first kappa shape index (κ1) is 16.1. The number of amides is 1. The second-order valence-corrected chi connectivity index (χ2v) is 7.04. The van der Waals surface area contributed by atoms with E-state index in [1.807, 2.05) is 35.7 Å². The molecule has 1 amide bonds. The summed E-state index contributed by atoms with van der Waals surface area (Å²) >= 11 is 1.63. The summed E-state index contributed by atoms with van der Waals surface area (Å²) in [7, 11) is 0. The number of aromatic nitrogens is 1. The zero-order valence-corrected chi connectivity index (χ0v) is 14.4. The van der Waals surface area contributed by atoms with Crippen molar-refractivity contribution in [3.63, 3.8) is 0 Å². The van der Waals surface area contributed by atoms with E-state index in [4.69, 9.17) is 4.52 Å². The van der Waals surface area contributed by atoms with Crippen LogP contribution in [0.25, 0.3) is 11.3 Å². The van der Waals surface area contributed by atoms with Gasteiger partial charge in [-0.3, -0.25) is 4.79 Å². The second kappa shape index (κ2) is 6.82. The Hall–Kier alpha value is -2.44. The van der Waals surface area contributed by atoms with Gasteiger partial charge in [0.05, 0.1) is 0 Å². The minimum absolute atomic E-state index is 0.0510. The molecule has 0 unspecified atom stereocenters. The van der Waals surface area contributed by atoms with E-state index in [1.165, 1.54) is 5.56 Å². The van der Waals surface area contributed by atoms with Gasteiger partial charge in [0.25, 0.3) is 5.91 Å². The van der Waals surface area contributed by atoms with Crippen molar-refractivity contribution in [1.29, 1.82) is 0 Å². The highest BCUT2D eigenvalue weighted by molar-refractivity contribution is 7.08. The Balaban J connectivity index is 1.53. The van der Waals surface area contributed by atoms with Gasteiger partial charge in [0.2, 0.25) is 5.76 Å². The highest BCUT2D eigenvalue weighted by atomic mass is 32.1. The number of likely N-dealkylation sites (tertiary alicyclic amines) is 1. The lowest BCUT2D eigenvalue weighted by atomic mass is 9.92. The predicted molar refractivity (Wildman–Crippen MR) is 95.5 cm³/mol. The van der Waals surface area contributed by atoms with Gasteiger partial charge in [-0.1, -0.05) is 35.5 Å². The van der Waals surface area contributed by atoms with Gasteiger partial charge in [-0.15, -0.1) is 0 Å². The third-order valence-electron chi connectivity index (χ3n) is 4.72. The van der Waals surface area contributed by atoms with Crippen LogP contribution in [0.2, 0.25) is 0 Å². The van der Waals surface area contributed by atoms with Crippen LogP contribution in [0.4, 0.5) is 0 Å². The number of aliphatic hydroxyl groups excluding tert-OH is 1. The molecule has 2 atom stereocenters. The second-order valence-electron chi connectivity index (χ2n) is 6.26. The van der Waals surface area contributed by atoms with Gasteiger partial charge >= 0.3 is 0 Å². The number of benzene rings is 1. The van der Waals surface area contributed by atoms with E-state index in [-0.39, 0.29) is 30.1 Å². The number of thiophene rings is 1. The average Bonchev–Trinajstić information content (AvgIpc) is 3.41. The van der Waals surface area contributed by atoms with Crippen LogP contribution >= 0.6 is 11.3 Å². The Morgan fingerprint density at radius 2 is 2.12 bits per heavy atom. The third-order valence-corrected chi connectivity index (χ3v) is 5.43. The first-order valence-corrected chi connectivity index (χ1v) is 9.15. The topological polar surface area (TPSA) is 66.6 Å². The number of nitrogens with zero attached hydrogens (tertiary/aromatic N) is 2. The van der Waals surface area contributed by atoms with Crippen molar-refractivity contribution in [2.45, 2.75) is 5.92 Å². The van der Waals surface area contributed by atoms with Gasteiger partial charge in [-0.2, -0.15) is 11.3 Å². The molecule has 1 aliphatic heterocycles. The Kier molecular flexibility index (Phi) is 4.38. The summed E-state index contributed by atoms with van der Waals surface area (Å²) in [5.74, 6) is 0.277. The van der Waals surface area contributed by atoms with Crippen LogP contribution in [0, 0.1) is 5.92 Å². The molecule has 2 aromatic heterocycles. The molecule has 1 aliphatic rings. The van der Waals surface area contributed by atoms with Gasteiger partial charge in [-0.05, 0) is 22.4 Å². The number of aliphatic hydroxyl groups is 1. The van der Waals surface area contributed by atoms with Gasteiger partial charge in [0.1, 0.15) is 5.69 Å². The van der Waals surface area contributed by atoms with E-state index in [0.29, 0.717) is 18.8 Å². The van der Waals surface area contributed by atoms with Crippen LogP contribution in [0.15, 0.2) is 57.7 Å². The van der Waals surface area contributed by atoms with Crippen molar-refractivity contribution in [2.75, 3.05) is 19.7 Å². The lowest BCUT2D eigenvalue weighted by Crippen LogP contribution is -2.28. The molecule has 0 radical (unpaired) electrons. The molecule has 0 bridgehead atoms. The number of hydrogen-bond donors (Lipinski definition) is 1. The quantitative estimate of drug-likeness (QED) is 0.781. The molecule has 3 heterocycles. The lowest BCUT2D eigenvalue weighted by molar-refractivity contribution is 0.0740. The molecule has 128 valence electrons. The summed E-state index contributed by atoms with van der Waals surface area (Å²) in [4.78, 5) is 14.5. The van der Waals surface area contributed by atoms with Crippen LogP contribution in [0.5, 0.6) is 0 Å². The van der Waals surface area contributed by atoms with E-state index in [0.717, 1.165) is 5.56 Å². The monoisotopic (exact) mass is 354 g/mol. The summed E-state index contributed by atoms with van der Waals surface area (Å²) in [5, 5.41) is 17.8. The molecule has 3 aromatic rings. The maximum Gasteiger partial charge on any atom is 0.292 e. The molecule has 6 heteroatoms. The van der Waals surface area contributed by atoms with Crippen LogP contribution in [0.3, 0.4) is 0 Å². The maximum atomic E-state index is 12.8. The molecular formula is C19H18N2O3S. The molecule has 1 N–H and O–H groups in total. The largest absolute Gasteiger partial charge is 0.396 e. The normalized spacial score (nSPS) is 20.1. The van der Waals surface area contributed by atoms with E-state index >= 15 is 0 Å². The fourth-order valence-electron chi connectivity index (χ4n) is 3.36. The van der Waals surface area contributed by atoms with E-state index in [9.17, 15) is 9.90 Å². The van der Waals surface area contributed by atoms with Crippen molar-refractivity contribution >= 4 is 17.2 Å². The Morgan fingerprint density at radius 1 is 1.28 bits per heavy atom. The molecule has 5 nitrogen and oxygen atoms in total. The van der Waals surface area contributed by atoms with Gasteiger partial charge < -0.3 is 14.5 Å². The minimum atomic E-state index is -0.175. The molecule has 0 saturated carbocycles. The first-order valence-electron chi connectivity index (χ1n) is 8.20. The fraction of sp³-hybridized carbons (Fsp3) is 0.263. The molecule has 1 aromatic carbocycles. The summed E-state index contributed by atoms with van der Waals surface area (Å²) in [6.45, 7) is 1.18. The van der Waals surface area contributed by atoms with Crippen molar-refractivity contribution in [3.05, 3.63) is 64.5 Å². The fourth-order valence-corrected chi connectivity index (χ4v) is 4.09. The zero-order chi connectivity index (χ0) is 17.2. The van der Waals surface area contributed by atoms with Crippen LogP contribution in [-0.2, 0) is 0 Å². The third kappa shape index (κ3) is 3.10. The molecule has 0 aliphatic carbocycles. The van der Waals surface area contributed by atoms with Crippen LogP contribution in [0.1, 0.15) is 22.0 Å². The van der Waals surface area contributed by atoms with Gasteiger partial charge in [0, 0.05) is 43.2 Å². The van der Waals surface area contributed by atoms with E-state index in [2.05, 4.69) is 16.6 Å². The zero-order valence-electron chi connectivity index (χ0n) is 13.5. The first-order chi connectivity index (χ1) is 12.3. The summed E-state index contributed by atoms with van der Waals surface area (Å²) in [6.07, 6.45) is 0. The number of carbonyl (C=O) groups excluding carboxylic acids is 1. The maximum absolute atomic E-state index is 12.8. The summed E-state index contributed by atoms with van der Waals surface area (Å²) < 4.78 is 5.29. The predicted octanol–water partition coefficient (Wildman–Crippen LogP) is 3.25. The van der Waals surface area contributed by atoms with Crippen LogP contribution < -0.4 is 0 Å². The minimum Gasteiger partial charge on any atom is -0.396 e. The summed E-state index contributed by atoms with van der Waals surface area (Å²) in [5.41, 5.74) is 2.74. The molecular weight excluding hydrogens is 336 g/mol. The van der Waals surface area contributed by atoms with Crippen molar-refractivity contribution in [1.82, 2.24) is 10.1 Å². The standard InChI is InChI=1S/C19H18N2O3S/c22-11-15-9-21(10-16(15)14-6-7-25-12-14)19(23)18-8-17(20-24-18)13-4-2-1-3-5-13/h1-8,12,15-16,22H,9-11H2/t15-,16-/m0/s1. The Labute approximate surface area is 149 Å². The average molecular weight is 354 g/mol. The van der Waals surface area contributed by atoms with Gasteiger partial charge in [-0.25, -0.2) is 0 Å². The molecule has 1 fully saturated rings. The van der Waals surface area contributed by atoms with Crippen molar-refractivity contribution in [3.8, 4) is 11.3 Å². The molecule has 1 saturated heterocycles. The van der Waals surface area contributed by atoms with E-state index in [1.54, 1.807) is 22.3 Å².